The molecule has 0 saturated carbocycles. The number of aromatic nitrogens is 3. The number of likely N-dealkylation sites (tertiary alicyclic amines) is 1. The van der Waals surface area contributed by atoms with Gasteiger partial charge < -0.3 is 5.73 Å². The lowest BCUT2D eigenvalue weighted by molar-refractivity contribution is -0.124. The number of carbonyl (C=O) groups is 1. The minimum absolute atomic E-state index is 0.320. The Morgan fingerprint density at radius 2 is 2.00 bits per heavy atom. The first-order valence-electron chi connectivity index (χ1n) is 7.29. The summed E-state index contributed by atoms with van der Waals surface area (Å²) in [6.45, 7) is 1.46. The second-order valence-electron chi connectivity index (χ2n) is 5.54. The third-order valence-electron chi connectivity index (χ3n) is 4.17. The van der Waals surface area contributed by atoms with Gasteiger partial charge in [-0.3, -0.25) is 14.8 Å². The van der Waals surface area contributed by atoms with Gasteiger partial charge in [-0.15, -0.1) is 0 Å². The Hall–Kier alpha value is -2.28. The van der Waals surface area contributed by atoms with Crippen LogP contribution in [0.5, 0.6) is 0 Å². The van der Waals surface area contributed by atoms with Crippen LogP contribution in [-0.2, 0) is 4.79 Å². The molecule has 1 amide bonds. The van der Waals surface area contributed by atoms with Gasteiger partial charge >= 0.3 is 0 Å². The Balaban J connectivity index is 1.71. The van der Waals surface area contributed by atoms with Crippen molar-refractivity contribution in [3.8, 4) is 0 Å². The highest BCUT2D eigenvalue weighted by molar-refractivity contribution is 5.81. The third kappa shape index (κ3) is 2.99. The van der Waals surface area contributed by atoms with E-state index in [0.717, 1.165) is 37.3 Å². The number of primary amides is 1. The monoisotopic (exact) mass is 303 g/mol. The molecule has 2 aromatic rings. The smallest absolute Gasteiger partial charge is 0.239 e. The summed E-state index contributed by atoms with van der Waals surface area (Å²) in [6, 6.07) is 5.43. The van der Waals surface area contributed by atoms with Crippen LogP contribution in [0.25, 0.3) is 0 Å². The number of carbonyl (C=O) groups excluding carboxylic acids is 1. The van der Waals surface area contributed by atoms with E-state index in [1.807, 2.05) is 4.90 Å². The quantitative estimate of drug-likeness (QED) is 0.892. The highest BCUT2D eigenvalue weighted by atomic mass is 19.1. The summed E-state index contributed by atoms with van der Waals surface area (Å²) in [5, 5.41) is 6.77. The van der Waals surface area contributed by atoms with E-state index in [4.69, 9.17) is 5.73 Å². The summed E-state index contributed by atoms with van der Waals surface area (Å²) in [5.41, 5.74) is 6.29. The molecule has 22 heavy (non-hydrogen) atoms. The molecule has 6 nitrogen and oxygen atoms in total. The molecule has 0 bridgehead atoms. The van der Waals surface area contributed by atoms with Crippen LogP contribution in [0.3, 0.4) is 0 Å². The van der Waals surface area contributed by atoms with E-state index < -0.39 is 11.9 Å². The maximum absolute atomic E-state index is 13.1. The Labute approximate surface area is 127 Å². The molecule has 0 spiro atoms. The van der Waals surface area contributed by atoms with E-state index in [-0.39, 0.29) is 5.82 Å². The van der Waals surface area contributed by atoms with Gasteiger partial charge in [0.1, 0.15) is 24.0 Å². The lowest BCUT2D eigenvalue weighted by Gasteiger charge is -2.35. The van der Waals surface area contributed by atoms with Crippen molar-refractivity contribution in [3.63, 3.8) is 0 Å². The molecule has 0 radical (unpaired) electrons. The lowest BCUT2D eigenvalue weighted by Crippen LogP contribution is -2.42. The number of rotatable bonds is 4. The van der Waals surface area contributed by atoms with Crippen LogP contribution in [-0.4, -0.2) is 39.1 Å². The van der Waals surface area contributed by atoms with Crippen LogP contribution in [0.15, 0.2) is 30.6 Å². The van der Waals surface area contributed by atoms with Crippen LogP contribution >= 0.6 is 0 Å². The molecule has 3 rings (SSSR count). The molecule has 3 N–H and O–H groups in total. The zero-order valence-electron chi connectivity index (χ0n) is 12.1. The SMILES string of the molecule is NC(=O)C(c1ccc(F)cc1)N1CCC(c2ncn[nH]2)CC1. The summed E-state index contributed by atoms with van der Waals surface area (Å²) in [4.78, 5) is 18.1. The molecule has 1 unspecified atom stereocenters. The summed E-state index contributed by atoms with van der Waals surface area (Å²) in [6.07, 6.45) is 3.26. The van der Waals surface area contributed by atoms with Gasteiger partial charge in [0, 0.05) is 5.92 Å². The third-order valence-corrected chi connectivity index (χ3v) is 4.17. The Bertz CT molecular complexity index is 620. The summed E-state index contributed by atoms with van der Waals surface area (Å²) in [5.74, 6) is 0.471. The van der Waals surface area contributed by atoms with E-state index in [1.165, 1.54) is 18.5 Å². The molecule has 1 aliphatic rings. The minimum Gasteiger partial charge on any atom is -0.368 e. The van der Waals surface area contributed by atoms with Crippen molar-refractivity contribution in [1.82, 2.24) is 20.1 Å². The number of piperidine rings is 1. The molecule has 116 valence electrons. The average molecular weight is 303 g/mol. The fourth-order valence-corrected chi connectivity index (χ4v) is 3.04. The van der Waals surface area contributed by atoms with Crippen LogP contribution in [0.4, 0.5) is 4.39 Å². The number of nitrogens with zero attached hydrogens (tertiary/aromatic N) is 3. The number of nitrogens with one attached hydrogen (secondary N) is 1. The van der Waals surface area contributed by atoms with Crippen LogP contribution in [0.2, 0.25) is 0 Å². The fourth-order valence-electron chi connectivity index (χ4n) is 3.04. The molecular weight excluding hydrogens is 285 g/mol. The lowest BCUT2D eigenvalue weighted by atomic mass is 9.93. The highest BCUT2D eigenvalue weighted by Crippen LogP contribution is 2.30. The van der Waals surface area contributed by atoms with Crippen molar-refractivity contribution < 1.29 is 9.18 Å². The van der Waals surface area contributed by atoms with Crippen molar-refractivity contribution in [2.45, 2.75) is 24.8 Å². The fraction of sp³-hybridized carbons (Fsp3) is 0.400. The normalized spacial score (nSPS) is 18.2. The number of H-pyrrole nitrogens is 1. The number of hydrogen-bond acceptors (Lipinski definition) is 4. The highest BCUT2D eigenvalue weighted by Gasteiger charge is 2.31. The molecule has 1 aromatic heterocycles. The molecule has 1 fully saturated rings. The number of halogens is 1. The largest absolute Gasteiger partial charge is 0.368 e. The topological polar surface area (TPSA) is 87.9 Å². The van der Waals surface area contributed by atoms with Gasteiger partial charge in [-0.2, -0.15) is 5.10 Å². The van der Waals surface area contributed by atoms with Gasteiger partial charge in [0.05, 0.1) is 0 Å². The first-order chi connectivity index (χ1) is 10.6. The van der Waals surface area contributed by atoms with Crippen molar-refractivity contribution in [2.75, 3.05) is 13.1 Å². The Kier molecular flexibility index (Phi) is 4.15. The summed E-state index contributed by atoms with van der Waals surface area (Å²) >= 11 is 0. The van der Waals surface area contributed by atoms with Crippen molar-refractivity contribution in [2.24, 2.45) is 5.73 Å². The Morgan fingerprint density at radius 3 is 2.55 bits per heavy atom. The molecule has 2 heterocycles. The molecule has 1 saturated heterocycles. The number of aromatic amines is 1. The predicted molar refractivity (Wildman–Crippen MR) is 78.3 cm³/mol. The molecule has 0 aliphatic carbocycles. The maximum Gasteiger partial charge on any atom is 0.239 e. The van der Waals surface area contributed by atoms with E-state index in [2.05, 4.69) is 15.2 Å². The zero-order valence-corrected chi connectivity index (χ0v) is 12.1. The number of amides is 1. The van der Waals surface area contributed by atoms with Gasteiger partial charge in [0.25, 0.3) is 0 Å². The van der Waals surface area contributed by atoms with Gasteiger partial charge in [-0.25, -0.2) is 9.37 Å². The first kappa shape index (κ1) is 14.6. The Morgan fingerprint density at radius 1 is 1.32 bits per heavy atom. The maximum atomic E-state index is 13.1. The number of nitrogens with two attached hydrogens (primary N) is 1. The van der Waals surface area contributed by atoms with E-state index in [0.29, 0.717) is 5.92 Å². The molecular formula is C15H18FN5O. The molecule has 1 atom stereocenters. The number of hydrogen-bond donors (Lipinski definition) is 2. The average Bonchev–Trinajstić information content (AvgIpc) is 3.04. The second kappa shape index (κ2) is 6.23. The van der Waals surface area contributed by atoms with Crippen molar-refractivity contribution in [3.05, 3.63) is 47.8 Å². The van der Waals surface area contributed by atoms with E-state index >= 15 is 0 Å². The molecule has 1 aromatic carbocycles. The first-order valence-corrected chi connectivity index (χ1v) is 7.29. The summed E-state index contributed by atoms with van der Waals surface area (Å²) in [7, 11) is 0. The van der Waals surface area contributed by atoms with Crippen molar-refractivity contribution >= 4 is 5.91 Å². The van der Waals surface area contributed by atoms with Gasteiger partial charge in [-0.05, 0) is 43.6 Å². The van der Waals surface area contributed by atoms with Crippen LogP contribution in [0.1, 0.15) is 36.2 Å². The number of benzene rings is 1. The van der Waals surface area contributed by atoms with Gasteiger partial charge in [0.15, 0.2) is 0 Å². The molecule has 7 heteroatoms. The summed E-state index contributed by atoms with van der Waals surface area (Å²) < 4.78 is 13.1. The van der Waals surface area contributed by atoms with Crippen LogP contribution in [0, 0.1) is 5.82 Å². The van der Waals surface area contributed by atoms with Gasteiger partial charge in [-0.1, -0.05) is 12.1 Å². The van der Waals surface area contributed by atoms with E-state index in [9.17, 15) is 9.18 Å². The van der Waals surface area contributed by atoms with Crippen molar-refractivity contribution in [1.29, 1.82) is 0 Å². The zero-order chi connectivity index (χ0) is 15.5. The second-order valence-corrected chi connectivity index (χ2v) is 5.54. The van der Waals surface area contributed by atoms with Crippen LogP contribution < -0.4 is 5.73 Å². The molecule has 1 aliphatic heterocycles. The van der Waals surface area contributed by atoms with E-state index in [1.54, 1.807) is 12.1 Å². The standard InChI is InChI=1S/C15H18FN5O/c16-12-3-1-10(2-4-12)13(14(17)22)21-7-5-11(6-8-21)15-18-9-19-20-15/h1-4,9,11,13H,5-8H2,(H2,17,22)(H,18,19,20). The van der Waals surface area contributed by atoms with Gasteiger partial charge in [0.2, 0.25) is 5.91 Å². The minimum atomic E-state index is -0.517. The predicted octanol–water partition coefficient (Wildman–Crippen LogP) is 1.35.